The molecule has 0 bridgehead atoms. The van der Waals surface area contributed by atoms with E-state index in [1.807, 2.05) is 0 Å². The summed E-state index contributed by atoms with van der Waals surface area (Å²) >= 11 is 0. The van der Waals surface area contributed by atoms with Gasteiger partial charge in [-0.15, -0.1) is 0 Å². The second-order valence-corrected chi connectivity index (χ2v) is 11.3. The van der Waals surface area contributed by atoms with Crippen molar-refractivity contribution in [2.24, 2.45) is 0 Å². The lowest BCUT2D eigenvalue weighted by Crippen LogP contribution is -2.45. The molecule has 2 heterocycles. The van der Waals surface area contributed by atoms with Crippen LogP contribution in [0.25, 0.3) is 11.3 Å². The Morgan fingerprint density at radius 3 is 2.49 bits per heavy atom. The Labute approximate surface area is 214 Å². The van der Waals surface area contributed by atoms with E-state index in [1.54, 1.807) is 32.0 Å². The van der Waals surface area contributed by atoms with Crippen LogP contribution in [0.3, 0.4) is 0 Å². The van der Waals surface area contributed by atoms with Crippen molar-refractivity contribution in [2.75, 3.05) is 18.9 Å². The molecule has 37 heavy (non-hydrogen) atoms. The van der Waals surface area contributed by atoms with Gasteiger partial charge in [0, 0.05) is 12.1 Å². The Kier molecular flexibility index (Phi) is 7.62. The molecule has 4 rings (SSSR count). The highest BCUT2D eigenvalue weighted by Gasteiger charge is 2.21. The third kappa shape index (κ3) is 5.82. The average Bonchev–Trinajstić information content (AvgIpc) is 2.83. The fourth-order valence-corrected chi connectivity index (χ4v) is 4.53. The first-order chi connectivity index (χ1) is 17.6. The van der Waals surface area contributed by atoms with Crippen LogP contribution in [0.4, 0.5) is 10.2 Å². The Balaban J connectivity index is 1.48. The van der Waals surface area contributed by atoms with Crippen molar-refractivity contribution in [3.05, 3.63) is 71.3 Å². The second-order valence-electron chi connectivity index (χ2n) is 8.80. The minimum atomic E-state index is -3.43. The minimum Gasteiger partial charge on any atom is -0.419 e. The second kappa shape index (κ2) is 10.7. The van der Waals surface area contributed by atoms with Gasteiger partial charge in [0.1, 0.15) is 5.82 Å². The number of halogens is 1. The third-order valence-electron chi connectivity index (χ3n) is 5.83. The predicted molar refractivity (Wildman–Crippen MR) is 137 cm³/mol. The summed E-state index contributed by atoms with van der Waals surface area (Å²) in [5.74, 6) is -1.93. The Hall–Kier alpha value is -3.74. The molecule has 0 unspecified atom stereocenters. The molecule has 1 saturated heterocycles. The summed E-state index contributed by atoms with van der Waals surface area (Å²) in [4.78, 5) is 8.54. The number of nitrogens with two attached hydrogens (primary N) is 1. The molecule has 2 aromatic carbocycles. The van der Waals surface area contributed by atoms with Gasteiger partial charge in [0.15, 0.2) is 21.3 Å². The summed E-state index contributed by atoms with van der Waals surface area (Å²) in [6.45, 7) is 4.92. The molecule has 3 aromatic rings. The van der Waals surface area contributed by atoms with Gasteiger partial charge in [0.05, 0.1) is 46.9 Å². The van der Waals surface area contributed by atoms with Crippen molar-refractivity contribution < 1.29 is 22.3 Å². The number of benzene rings is 2. The number of nitrogen functional groups attached to an aromatic ring is 1. The van der Waals surface area contributed by atoms with Crippen molar-refractivity contribution in [1.82, 2.24) is 15.3 Å². The number of aromatic nitrogens is 2. The smallest absolute Gasteiger partial charge is 0.243 e. The van der Waals surface area contributed by atoms with Crippen molar-refractivity contribution in [3.63, 3.8) is 0 Å². The van der Waals surface area contributed by atoms with Crippen molar-refractivity contribution in [2.45, 2.75) is 36.6 Å². The molecular formula is C25H27FN6O4S. The summed E-state index contributed by atoms with van der Waals surface area (Å²) < 4.78 is 49.7. The van der Waals surface area contributed by atoms with Gasteiger partial charge >= 0.3 is 0 Å². The normalized spacial score (nSPS) is 13.8. The molecule has 0 atom stereocenters. The zero-order chi connectivity index (χ0) is 26.7. The SMILES string of the molecule is CC(C)S(=O)(=O)c1ccc(-c2cnc(N)c(C(=N)OC(=N)c3ccc(CNC4COC4)cc3F)n2)cc1. The number of nitrogens with one attached hydrogen (secondary N) is 3. The van der Waals surface area contributed by atoms with Crippen LogP contribution in [0.15, 0.2) is 53.6 Å². The first-order valence-corrected chi connectivity index (χ1v) is 13.0. The zero-order valence-electron chi connectivity index (χ0n) is 20.3. The van der Waals surface area contributed by atoms with E-state index in [1.165, 1.54) is 30.5 Å². The van der Waals surface area contributed by atoms with E-state index < -0.39 is 32.7 Å². The molecule has 1 aliphatic rings. The fourth-order valence-electron chi connectivity index (χ4n) is 3.47. The van der Waals surface area contributed by atoms with Crippen LogP contribution < -0.4 is 11.1 Å². The van der Waals surface area contributed by atoms with Crippen LogP contribution in [0.1, 0.15) is 30.7 Å². The van der Waals surface area contributed by atoms with E-state index in [2.05, 4.69) is 15.3 Å². The van der Waals surface area contributed by atoms with Crippen LogP contribution in [0.2, 0.25) is 0 Å². The summed E-state index contributed by atoms with van der Waals surface area (Å²) in [6.07, 6.45) is 1.38. The fraction of sp³-hybridized carbons (Fsp3) is 0.280. The minimum absolute atomic E-state index is 0.109. The number of ether oxygens (including phenoxy) is 2. The molecule has 12 heteroatoms. The highest BCUT2D eigenvalue weighted by molar-refractivity contribution is 7.92. The molecule has 5 N–H and O–H groups in total. The monoisotopic (exact) mass is 526 g/mol. The summed E-state index contributed by atoms with van der Waals surface area (Å²) in [5.41, 5.74) is 7.19. The summed E-state index contributed by atoms with van der Waals surface area (Å²) in [6, 6.07) is 10.7. The van der Waals surface area contributed by atoms with Gasteiger partial charge in [-0.1, -0.05) is 18.2 Å². The molecule has 0 spiro atoms. The van der Waals surface area contributed by atoms with Gasteiger partial charge in [-0.2, -0.15) is 0 Å². The average molecular weight is 527 g/mol. The molecule has 0 aliphatic carbocycles. The van der Waals surface area contributed by atoms with Crippen LogP contribution >= 0.6 is 0 Å². The van der Waals surface area contributed by atoms with Crippen LogP contribution in [0, 0.1) is 16.6 Å². The lowest BCUT2D eigenvalue weighted by molar-refractivity contribution is -0.00579. The van der Waals surface area contributed by atoms with Gasteiger partial charge in [0.2, 0.25) is 11.8 Å². The number of hydrogen-bond donors (Lipinski definition) is 4. The van der Waals surface area contributed by atoms with Crippen LogP contribution in [0.5, 0.6) is 0 Å². The van der Waals surface area contributed by atoms with E-state index in [-0.39, 0.29) is 28.0 Å². The first-order valence-electron chi connectivity index (χ1n) is 11.5. The third-order valence-corrected chi connectivity index (χ3v) is 8.00. The Morgan fingerprint density at radius 1 is 1.19 bits per heavy atom. The van der Waals surface area contributed by atoms with Gasteiger partial charge in [-0.05, 0) is 43.7 Å². The first kappa shape index (κ1) is 26.3. The predicted octanol–water partition coefficient (Wildman–Crippen LogP) is 2.90. The largest absolute Gasteiger partial charge is 0.419 e. The number of sulfone groups is 1. The quantitative estimate of drug-likeness (QED) is 0.257. The Bertz CT molecular complexity index is 1440. The molecule has 0 amide bonds. The van der Waals surface area contributed by atoms with Gasteiger partial charge in [-0.3, -0.25) is 10.8 Å². The molecule has 1 aliphatic heterocycles. The number of anilines is 1. The molecular weight excluding hydrogens is 499 g/mol. The molecule has 194 valence electrons. The molecule has 0 saturated carbocycles. The number of nitrogens with zero attached hydrogens (tertiary/aromatic N) is 2. The van der Waals surface area contributed by atoms with E-state index in [4.69, 9.17) is 26.0 Å². The van der Waals surface area contributed by atoms with E-state index in [0.717, 1.165) is 0 Å². The Morgan fingerprint density at radius 2 is 1.89 bits per heavy atom. The number of hydrogen-bond acceptors (Lipinski definition) is 10. The highest BCUT2D eigenvalue weighted by Crippen LogP contribution is 2.23. The molecule has 1 aromatic heterocycles. The van der Waals surface area contributed by atoms with E-state index in [0.29, 0.717) is 36.6 Å². The van der Waals surface area contributed by atoms with E-state index in [9.17, 15) is 12.8 Å². The van der Waals surface area contributed by atoms with Gasteiger partial charge in [0.25, 0.3) is 0 Å². The van der Waals surface area contributed by atoms with Crippen molar-refractivity contribution >= 4 is 27.5 Å². The number of rotatable bonds is 8. The van der Waals surface area contributed by atoms with Crippen molar-refractivity contribution in [1.29, 1.82) is 10.8 Å². The highest BCUT2D eigenvalue weighted by atomic mass is 32.2. The molecule has 0 radical (unpaired) electrons. The van der Waals surface area contributed by atoms with Crippen LogP contribution in [-0.2, 0) is 25.9 Å². The maximum Gasteiger partial charge on any atom is 0.243 e. The topological polar surface area (TPSA) is 164 Å². The lowest BCUT2D eigenvalue weighted by Gasteiger charge is -2.27. The van der Waals surface area contributed by atoms with Gasteiger partial charge < -0.3 is 20.5 Å². The molecule has 1 fully saturated rings. The standard InChI is InChI=1S/C25H27FN6O4S/c1-14(2)37(33,34)18-6-4-16(5-7-18)21-11-31-23(27)22(32-21)25(29)36-24(28)19-8-3-15(9-20(19)26)10-30-17-12-35-13-17/h3-9,11,14,17,28-30H,10,12-13H2,1-2H3,(H2,27,31). The summed E-state index contributed by atoms with van der Waals surface area (Å²) in [5, 5.41) is 19.1. The summed E-state index contributed by atoms with van der Waals surface area (Å²) in [7, 11) is -3.43. The zero-order valence-corrected chi connectivity index (χ0v) is 21.1. The maximum absolute atomic E-state index is 14.7. The van der Waals surface area contributed by atoms with Crippen molar-refractivity contribution in [3.8, 4) is 11.3 Å². The lowest BCUT2D eigenvalue weighted by atomic mass is 10.1. The van der Waals surface area contributed by atoms with Crippen LogP contribution in [-0.4, -0.2) is 54.7 Å². The van der Waals surface area contributed by atoms with E-state index >= 15 is 0 Å². The molecule has 10 nitrogen and oxygen atoms in total. The maximum atomic E-state index is 14.7. The van der Waals surface area contributed by atoms with Gasteiger partial charge in [-0.25, -0.2) is 22.8 Å².